The minimum absolute atomic E-state index is 0.0196. The van der Waals surface area contributed by atoms with Gasteiger partial charge in [0.2, 0.25) is 0 Å². The molecule has 0 radical (unpaired) electrons. The van der Waals surface area contributed by atoms with E-state index in [4.69, 9.17) is 9.84 Å². The van der Waals surface area contributed by atoms with Gasteiger partial charge in [-0.1, -0.05) is 29.2 Å². The molecule has 1 aromatic carbocycles. The van der Waals surface area contributed by atoms with E-state index in [1.807, 2.05) is 18.2 Å². The SMILES string of the molecule is O=c1sccn1CCOc1cccc(C#CCO)c1. The summed E-state index contributed by atoms with van der Waals surface area (Å²) in [6, 6.07) is 7.33. The molecule has 2 rings (SSSR count). The van der Waals surface area contributed by atoms with E-state index in [0.29, 0.717) is 18.9 Å². The number of thiazole rings is 1. The van der Waals surface area contributed by atoms with Crippen LogP contribution in [0, 0.1) is 11.8 Å². The van der Waals surface area contributed by atoms with Crippen LogP contribution in [0.4, 0.5) is 0 Å². The van der Waals surface area contributed by atoms with Crippen molar-refractivity contribution in [3.05, 3.63) is 51.1 Å². The molecule has 5 heteroatoms. The molecule has 0 aliphatic rings. The van der Waals surface area contributed by atoms with Crippen LogP contribution in [0.25, 0.3) is 0 Å². The second-order valence-corrected chi connectivity index (χ2v) is 4.56. The standard InChI is InChI=1S/C14H13NO3S/c16-8-2-4-12-3-1-5-13(11-12)18-9-6-15-7-10-19-14(15)17/h1,3,5,7,10-11,16H,6,8-9H2. The smallest absolute Gasteiger partial charge is 0.307 e. The van der Waals surface area contributed by atoms with E-state index >= 15 is 0 Å². The number of hydrogen-bond acceptors (Lipinski definition) is 4. The molecule has 1 aromatic heterocycles. The van der Waals surface area contributed by atoms with Crippen molar-refractivity contribution in [1.29, 1.82) is 0 Å². The van der Waals surface area contributed by atoms with Crippen LogP contribution in [0.1, 0.15) is 5.56 Å². The lowest BCUT2D eigenvalue weighted by atomic mass is 10.2. The third kappa shape index (κ3) is 3.98. The molecule has 4 nitrogen and oxygen atoms in total. The quantitative estimate of drug-likeness (QED) is 0.857. The maximum Gasteiger partial charge on any atom is 0.307 e. The molecule has 0 bridgehead atoms. The first-order valence-electron chi connectivity index (χ1n) is 5.76. The summed E-state index contributed by atoms with van der Waals surface area (Å²) in [4.78, 5) is 11.3. The Kier molecular flexibility index (Phi) is 4.78. The predicted octanol–water partition coefficient (Wildman–Crippen LogP) is 1.33. The lowest BCUT2D eigenvalue weighted by Crippen LogP contribution is -2.16. The molecule has 1 N–H and O–H groups in total. The summed E-state index contributed by atoms with van der Waals surface area (Å²) in [6.45, 7) is 0.786. The number of aliphatic hydroxyl groups excluding tert-OH is 1. The first-order valence-corrected chi connectivity index (χ1v) is 6.64. The summed E-state index contributed by atoms with van der Waals surface area (Å²) >= 11 is 1.17. The van der Waals surface area contributed by atoms with E-state index in [2.05, 4.69) is 11.8 Å². The van der Waals surface area contributed by atoms with Gasteiger partial charge in [0, 0.05) is 17.1 Å². The highest BCUT2D eigenvalue weighted by atomic mass is 32.1. The molecule has 0 unspecified atom stereocenters. The number of hydrogen-bond donors (Lipinski definition) is 1. The fourth-order valence-electron chi connectivity index (χ4n) is 1.52. The summed E-state index contributed by atoms with van der Waals surface area (Å²) < 4.78 is 7.18. The molecule has 0 spiro atoms. The monoisotopic (exact) mass is 275 g/mol. The van der Waals surface area contributed by atoms with Crippen molar-refractivity contribution < 1.29 is 9.84 Å². The van der Waals surface area contributed by atoms with Crippen LogP contribution in [0.2, 0.25) is 0 Å². The topological polar surface area (TPSA) is 51.5 Å². The molecule has 0 atom stereocenters. The van der Waals surface area contributed by atoms with Gasteiger partial charge < -0.3 is 14.4 Å². The van der Waals surface area contributed by atoms with E-state index in [1.54, 1.807) is 22.2 Å². The third-order valence-corrected chi connectivity index (χ3v) is 3.08. The van der Waals surface area contributed by atoms with Crippen molar-refractivity contribution in [2.75, 3.05) is 13.2 Å². The number of aliphatic hydroxyl groups is 1. The Morgan fingerprint density at radius 1 is 1.42 bits per heavy atom. The summed E-state index contributed by atoms with van der Waals surface area (Å²) in [7, 11) is 0. The average molecular weight is 275 g/mol. The maximum atomic E-state index is 11.3. The van der Waals surface area contributed by atoms with Gasteiger partial charge in [-0.2, -0.15) is 0 Å². The highest BCUT2D eigenvalue weighted by Crippen LogP contribution is 2.12. The summed E-state index contributed by atoms with van der Waals surface area (Å²) in [6.07, 6.45) is 1.75. The van der Waals surface area contributed by atoms with Gasteiger partial charge >= 0.3 is 4.87 Å². The lowest BCUT2D eigenvalue weighted by molar-refractivity contribution is 0.297. The maximum absolute atomic E-state index is 11.3. The molecule has 0 aliphatic heterocycles. The second kappa shape index (κ2) is 6.78. The molecular weight excluding hydrogens is 262 g/mol. The van der Waals surface area contributed by atoms with Gasteiger partial charge in [-0.25, -0.2) is 0 Å². The van der Waals surface area contributed by atoms with Crippen LogP contribution in [0.3, 0.4) is 0 Å². The molecule has 19 heavy (non-hydrogen) atoms. The Hall–Kier alpha value is -2.03. The summed E-state index contributed by atoms with van der Waals surface area (Å²) in [5.41, 5.74) is 0.791. The van der Waals surface area contributed by atoms with E-state index in [1.165, 1.54) is 11.3 Å². The Bertz CT molecular complexity index is 648. The normalized spacial score (nSPS) is 9.74. The van der Waals surface area contributed by atoms with Crippen molar-refractivity contribution in [2.45, 2.75) is 6.54 Å². The van der Waals surface area contributed by atoms with Crippen LogP contribution in [-0.2, 0) is 6.54 Å². The molecule has 0 saturated carbocycles. The average Bonchev–Trinajstić information content (AvgIpc) is 2.83. The zero-order chi connectivity index (χ0) is 13.5. The molecule has 0 saturated heterocycles. The zero-order valence-corrected chi connectivity index (χ0v) is 11.0. The largest absolute Gasteiger partial charge is 0.492 e. The van der Waals surface area contributed by atoms with Gasteiger partial charge in [0.05, 0.1) is 6.54 Å². The van der Waals surface area contributed by atoms with Gasteiger partial charge in [0.15, 0.2) is 0 Å². The minimum Gasteiger partial charge on any atom is -0.492 e. The van der Waals surface area contributed by atoms with Crippen molar-refractivity contribution >= 4 is 11.3 Å². The lowest BCUT2D eigenvalue weighted by Gasteiger charge is -2.06. The van der Waals surface area contributed by atoms with Crippen molar-refractivity contribution in [3.8, 4) is 17.6 Å². The molecule has 0 aliphatic carbocycles. The predicted molar refractivity (Wildman–Crippen MR) is 74.5 cm³/mol. The van der Waals surface area contributed by atoms with Gasteiger partial charge in [0.25, 0.3) is 0 Å². The van der Waals surface area contributed by atoms with Crippen molar-refractivity contribution in [1.82, 2.24) is 4.57 Å². The highest BCUT2D eigenvalue weighted by molar-refractivity contribution is 7.07. The van der Waals surface area contributed by atoms with Crippen LogP contribution in [-0.4, -0.2) is 22.9 Å². The number of benzene rings is 1. The second-order valence-electron chi connectivity index (χ2n) is 3.70. The Balaban J connectivity index is 1.93. The summed E-state index contributed by atoms with van der Waals surface area (Å²) in [5, 5.41) is 10.4. The molecule has 0 fully saturated rings. The van der Waals surface area contributed by atoms with Gasteiger partial charge in [-0.3, -0.25) is 4.79 Å². The fraction of sp³-hybridized carbons (Fsp3) is 0.214. The Morgan fingerprint density at radius 2 is 2.32 bits per heavy atom. The van der Waals surface area contributed by atoms with Crippen LogP contribution in [0.15, 0.2) is 40.6 Å². The third-order valence-electron chi connectivity index (χ3n) is 2.39. The van der Waals surface area contributed by atoms with Crippen molar-refractivity contribution in [3.63, 3.8) is 0 Å². The van der Waals surface area contributed by atoms with Crippen LogP contribution < -0.4 is 9.61 Å². The number of ether oxygens (including phenoxy) is 1. The van der Waals surface area contributed by atoms with Crippen LogP contribution >= 0.6 is 11.3 Å². The zero-order valence-electron chi connectivity index (χ0n) is 10.2. The van der Waals surface area contributed by atoms with Gasteiger partial charge in [-0.15, -0.1) is 0 Å². The van der Waals surface area contributed by atoms with E-state index in [9.17, 15) is 4.79 Å². The highest BCUT2D eigenvalue weighted by Gasteiger charge is 1.98. The van der Waals surface area contributed by atoms with Gasteiger partial charge in [-0.05, 0) is 18.2 Å². The number of rotatable bonds is 4. The number of nitrogens with zero attached hydrogens (tertiary/aromatic N) is 1. The van der Waals surface area contributed by atoms with E-state index in [-0.39, 0.29) is 11.5 Å². The molecule has 2 aromatic rings. The minimum atomic E-state index is -0.161. The number of aromatic nitrogens is 1. The molecule has 1 heterocycles. The summed E-state index contributed by atoms with van der Waals surface area (Å²) in [5.74, 6) is 6.10. The first-order chi connectivity index (χ1) is 9.29. The molecule has 98 valence electrons. The van der Waals surface area contributed by atoms with E-state index < -0.39 is 0 Å². The fourth-order valence-corrected chi connectivity index (χ4v) is 2.14. The molecular formula is C14H13NO3S. The molecule has 0 amide bonds. The Morgan fingerprint density at radius 3 is 3.05 bits per heavy atom. The van der Waals surface area contributed by atoms with E-state index in [0.717, 1.165) is 5.56 Å². The van der Waals surface area contributed by atoms with Crippen molar-refractivity contribution in [2.24, 2.45) is 0 Å². The first kappa shape index (κ1) is 13.4. The Labute approximate surface area is 114 Å². The van der Waals surface area contributed by atoms with Crippen LogP contribution in [0.5, 0.6) is 5.75 Å². The van der Waals surface area contributed by atoms with Gasteiger partial charge in [0.1, 0.15) is 19.0 Å².